The van der Waals surface area contributed by atoms with Gasteiger partial charge in [-0.15, -0.1) is 10.2 Å². The van der Waals surface area contributed by atoms with Gasteiger partial charge in [0.1, 0.15) is 23.5 Å². The Balaban J connectivity index is 2.08. The molecular weight excluding hydrogens is 540 g/mol. The molecule has 2 heterocycles. The number of sulfonamides is 1. The maximum atomic E-state index is 13.6. The van der Waals surface area contributed by atoms with E-state index in [1.165, 1.54) is 45.3 Å². The molecule has 0 aliphatic heterocycles. The van der Waals surface area contributed by atoms with Crippen LogP contribution in [0.4, 0.5) is 5.95 Å². The highest BCUT2D eigenvalue weighted by Gasteiger charge is 2.38. The summed E-state index contributed by atoms with van der Waals surface area (Å²) in [6.07, 6.45) is 2.76. The Hall–Kier alpha value is -3.14. The highest BCUT2D eigenvalue weighted by atomic mass is 35.5. The fourth-order valence-corrected chi connectivity index (χ4v) is 5.21. The lowest BCUT2D eigenvalue weighted by molar-refractivity contribution is 0.138. The van der Waals surface area contributed by atoms with Crippen molar-refractivity contribution in [2.24, 2.45) is 15.9 Å². The normalized spacial score (nSPS) is 19.9. The number of anilines is 1. The lowest BCUT2D eigenvalue weighted by Gasteiger charge is -2.33. The molecule has 0 bridgehead atoms. The Kier molecular flexibility index (Phi) is 9.76. The molecule has 0 saturated heterocycles. The predicted molar refractivity (Wildman–Crippen MR) is 142 cm³/mol. The van der Waals surface area contributed by atoms with E-state index in [1.54, 1.807) is 6.92 Å². The number of amidine groups is 1. The summed E-state index contributed by atoms with van der Waals surface area (Å²) in [6, 6.07) is 0. The molecule has 2 aromatic rings. The summed E-state index contributed by atoms with van der Waals surface area (Å²) in [4.78, 5) is 16.2. The summed E-state index contributed by atoms with van der Waals surface area (Å²) in [5, 5.41) is 17.1. The monoisotopic (exact) mass is 570 g/mol. The van der Waals surface area contributed by atoms with Gasteiger partial charge in [-0.1, -0.05) is 11.6 Å². The first-order valence-electron chi connectivity index (χ1n) is 11.5. The largest absolute Gasteiger partial charge is 0.479 e. The van der Waals surface area contributed by atoms with Crippen LogP contribution >= 0.6 is 11.6 Å². The SMILES string of the molecule is C=NC(=N/C=C(\C)Cl)[C@@H](OC)[C@H](C)S(=O)(=O)Nc1nnc(C2CC(CO)C2)n1-c1c(OC)ncnc1OC. The van der Waals surface area contributed by atoms with Gasteiger partial charge in [0.15, 0.2) is 11.5 Å². The second kappa shape index (κ2) is 12.6. The van der Waals surface area contributed by atoms with Crippen LogP contribution in [0.5, 0.6) is 11.8 Å². The lowest BCUT2D eigenvalue weighted by atomic mass is 9.75. The average Bonchev–Trinajstić information content (AvgIpc) is 3.26. The molecule has 2 atom stereocenters. The van der Waals surface area contributed by atoms with E-state index in [1.807, 2.05) is 0 Å². The molecule has 0 unspecified atom stereocenters. The zero-order valence-corrected chi connectivity index (χ0v) is 23.3. The molecule has 2 N–H and O–H groups in total. The predicted octanol–water partition coefficient (Wildman–Crippen LogP) is 1.90. The van der Waals surface area contributed by atoms with Crippen molar-refractivity contribution in [1.29, 1.82) is 0 Å². The first-order valence-corrected chi connectivity index (χ1v) is 13.4. The first kappa shape index (κ1) is 29.4. The Morgan fingerprint density at radius 1 is 1.29 bits per heavy atom. The maximum absolute atomic E-state index is 13.6. The average molecular weight is 571 g/mol. The number of nitrogens with zero attached hydrogens (tertiary/aromatic N) is 7. The fourth-order valence-electron chi connectivity index (χ4n) is 4.03. The third-order valence-corrected chi connectivity index (χ3v) is 7.90. The van der Waals surface area contributed by atoms with Crippen LogP contribution in [0.1, 0.15) is 38.4 Å². The van der Waals surface area contributed by atoms with Crippen molar-refractivity contribution in [2.75, 3.05) is 32.7 Å². The van der Waals surface area contributed by atoms with Gasteiger partial charge in [0.05, 0.1) is 14.2 Å². The Bertz CT molecular complexity index is 1280. The summed E-state index contributed by atoms with van der Waals surface area (Å²) in [5.41, 5.74) is 0.219. The highest BCUT2D eigenvalue weighted by molar-refractivity contribution is 7.93. The molecule has 0 spiro atoms. The van der Waals surface area contributed by atoms with Gasteiger partial charge < -0.3 is 19.3 Å². The number of ether oxygens (including phenoxy) is 3. The Morgan fingerprint density at radius 2 is 1.92 bits per heavy atom. The molecule has 1 aliphatic rings. The molecular formula is C22H31ClN8O6S. The molecule has 208 valence electrons. The van der Waals surface area contributed by atoms with Gasteiger partial charge in [0.25, 0.3) is 0 Å². The van der Waals surface area contributed by atoms with E-state index < -0.39 is 21.4 Å². The number of aliphatic imine (C=N–C) groups is 2. The van der Waals surface area contributed by atoms with Crippen molar-refractivity contribution in [2.45, 2.75) is 44.0 Å². The van der Waals surface area contributed by atoms with Crippen LogP contribution in [0.25, 0.3) is 5.69 Å². The number of rotatable bonds is 12. The zero-order chi connectivity index (χ0) is 28.0. The van der Waals surface area contributed by atoms with Gasteiger partial charge in [-0.25, -0.2) is 18.4 Å². The van der Waals surface area contributed by atoms with Crippen molar-refractivity contribution in [3.05, 3.63) is 23.4 Å². The lowest BCUT2D eigenvalue weighted by Crippen LogP contribution is -2.41. The van der Waals surface area contributed by atoms with E-state index in [4.69, 9.17) is 25.8 Å². The molecule has 16 heteroatoms. The molecule has 0 amide bonds. The molecule has 14 nitrogen and oxygen atoms in total. The van der Waals surface area contributed by atoms with Gasteiger partial charge in [0.2, 0.25) is 27.7 Å². The first-order chi connectivity index (χ1) is 18.1. The van der Waals surface area contributed by atoms with Crippen molar-refractivity contribution in [3.8, 4) is 17.4 Å². The van der Waals surface area contributed by atoms with E-state index >= 15 is 0 Å². The van der Waals surface area contributed by atoms with Crippen LogP contribution in [0, 0.1) is 5.92 Å². The number of nitrogens with one attached hydrogen (secondary N) is 1. The number of aromatic nitrogens is 5. The van der Waals surface area contributed by atoms with E-state index in [-0.39, 0.29) is 47.7 Å². The van der Waals surface area contributed by atoms with Crippen molar-refractivity contribution in [3.63, 3.8) is 0 Å². The molecule has 2 aromatic heterocycles. The summed E-state index contributed by atoms with van der Waals surface area (Å²) < 4.78 is 47.3. The van der Waals surface area contributed by atoms with Crippen LogP contribution < -0.4 is 14.2 Å². The Morgan fingerprint density at radius 3 is 2.42 bits per heavy atom. The number of aliphatic hydroxyl groups is 1. The van der Waals surface area contributed by atoms with Crippen LogP contribution in [0.3, 0.4) is 0 Å². The third kappa shape index (κ3) is 6.11. The van der Waals surface area contributed by atoms with Crippen molar-refractivity contribution < 1.29 is 27.7 Å². The third-order valence-electron chi connectivity index (χ3n) is 6.11. The summed E-state index contributed by atoms with van der Waals surface area (Å²) >= 11 is 5.85. The van der Waals surface area contributed by atoms with E-state index in [0.29, 0.717) is 23.7 Å². The van der Waals surface area contributed by atoms with Gasteiger partial charge in [-0.05, 0) is 39.3 Å². The highest BCUT2D eigenvalue weighted by Crippen LogP contribution is 2.43. The van der Waals surface area contributed by atoms with Crippen LogP contribution in [0.2, 0.25) is 0 Å². The van der Waals surface area contributed by atoms with Gasteiger partial charge in [-0.2, -0.15) is 9.97 Å². The number of aliphatic hydroxyl groups excluding tert-OH is 1. The maximum Gasteiger partial charge on any atom is 0.245 e. The van der Waals surface area contributed by atoms with Gasteiger partial charge >= 0.3 is 0 Å². The number of halogens is 1. The number of hydrogen-bond donors (Lipinski definition) is 2. The topological polar surface area (TPSA) is 175 Å². The smallest absolute Gasteiger partial charge is 0.245 e. The summed E-state index contributed by atoms with van der Waals surface area (Å²) in [6.45, 7) is 6.55. The zero-order valence-electron chi connectivity index (χ0n) is 21.7. The van der Waals surface area contributed by atoms with Gasteiger partial charge in [0, 0.05) is 30.9 Å². The molecule has 1 fully saturated rings. The van der Waals surface area contributed by atoms with E-state index in [2.05, 4.69) is 41.6 Å². The number of allylic oxidation sites excluding steroid dienone is 1. The molecule has 3 rings (SSSR count). The minimum Gasteiger partial charge on any atom is -0.479 e. The Labute approximate surface area is 225 Å². The molecule has 1 aliphatic carbocycles. The number of hydrogen-bond acceptors (Lipinski definition) is 11. The fraction of sp³-hybridized carbons (Fsp3) is 0.545. The number of methoxy groups -OCH3 is 3. The van der Waals surface area contributed by atoms with Crippen LogP contribution in [-0.4, -0.2) is 90.1 Å². The molecule has 0 radical (unpaired) electrons. The second-order valence-electron chi connectivity index (χ2n) is 8.54. The van der Waals surface area contributed by atoms with Crippen LogP contribution in [-0.2, 0) is 14.8 Å². The minimum atomic E-state index is -4.19. The standard InChI is InChI=1S/C22H31ClN8O6S/c1-12(23)9-25-18(24-3)17(35-4)13(2)38(33,34)30-22-29-28-19(15-7-14(8-15)10-32)31(22)16-20(36-5)26-11-27-21(16)37-6/h9,11,13-15,17,32H,3,7-8,10H2,1-2,4-6H3,(H,29,30)/b12-9+,25-18?/t13-,14?,15?,17-/m0/s1. The van der Waals surface area contributed by atoms with Crippen molar-refractivity contribution >= 4 is 40.1 Å². The summed E-state index contributed by atoms with van der Waals surface area (Å²) in [5.74, 6) is 0.566. The van der Waals surface area contributed by atoms with Crippen molar-refractivity contribution in [1.82, 2.24) is 24.7 Å². The quantitative estimate of drug-likeness (QED) is 0.283. The van der Waals surface area contributed by atoms with E-state index in [0.717, 1.165) is 0 Å². The van der Waals surface area contributed by atoms with Gasteiger partial charge in [-0.3, -0.25) is 9.29 Å². The van der Waals surface area contributed by atoms with Crippen LogP contribution in [0.15, 0.2) is 27.5 Å². The molecule has 38 heavy (non-hydrogen) atoms. The molecule has 1 saturated carbocycles. The second-order valence-corrected chi connectivity index (χ2v) is 11.2. The van der Waals surface area contributed by atoms with E-state index in [9.17, 15) is 13.5 Å². The molecule has 0 aromatic carbocycles. The minimum absolute atomic E-state index is 0.0249. The summed E-state index contributed by atoms with van der Waals surface area (Å²) in [7, 11) is -0.0290.